The van der Waals surface area contributed by atoms with Crippen LogP contribution in [0.4, 0.5) is 17.6 Å². The molecule has 0 unspecified atom stereocenters. The second-order valence-corrected chi connectivity index (χ2v) is 17.2. The Hall–Kier alpha value is -1.36. The Kier molecular flexibility index (Phi) is 17.9. The zero-order valence-electron chi connectivity index (χ0n) is 32.8. The first kappa shape index (κ1) is 42.4. The van der Waals surface area contributed by atoms with Crippen molar-refractivity contribution < 1.29 is 22.3 Å². The lowest BCUT2D eigenvalue weighted by atomic mass is 9.60. The molecule has 4 rings (SSSR count). The third kappa shape index (κ3) is 11.3. The first-order chi connectivity index (χ1) is 24.7. The summed E-state index contributed by atoms with van der Waals surface area (Å²) in [4.78, 5) is 0. The van der Waals surface area contributed by atoms with E-state index in [9.17, 15) is 0 Å². The molecule has 0 radical (unpaired) electrons. The molecule has 0 aliphatic heterocycles. The molecule has 0 saturated heterocycles. The highest BCUT2D eigenvalue weighted by molar-refractivity contribution is 5.34. The van der Waals surface area contributed by atoms with Crippen LogP contribution < -0.4 is 0 Å². The monoisotopic (exact) mass is 719 g/mol. The van der Waals surface area contributed by atoms with Crippen molar-refractivity contribution in [1.29, 1.82) is 0 Å². The molecule has 5 heteroatoms. The fraction of sp³-hybridized carbons (Fsp3) is 0.826. The van der Waals surface area contributed by atoms with Gasteiger partial charge in [0.15, 0.2) is 11.3 Å². The van der Waals surface area contributed by atoms with Gasteiger partial charge in [-0.25, -0.2) is 17.6 Å². The summed E-state index contributed by atoms with van der Waals surface area (Å²) in [5.74, 6) is -2.09. The molecule has 2 fully saturated rings. The predicted octanol–water partition coefficient (Wildman–Crippen LogP) is 15.5. The highest BCUT2D eigenvalue weighted by Gasteiger charge is 2.55. The summed E-state index contributed by atoms with van der Waals surface area (Å²) in [5, 5.41) is 0. The molecule has 0 heterocycles. The zero-order valence-corrected chi connectivity index (χ0v) is 32.8. The third-order valence-electron chi connectivity index (χ3n) is 13.4. The van der Waals surface area contributed by atoms with Crippen LogP contribution in [0.15, 0.2) is 48.1 Å². The van der Waals surface area contributed by atoms with Crippen LogP contribution in [0.25, 0.3) is 0 Å². The average Bonchev–Trinajstić information content (AvgIpc) is 3.14. The van der Waals surface area contributed by atoms with Crippen molar-refractivity contribution in [2.75, 3.05) is 13.2 Å². The van der Waals surface area contributed by atoms with Crippen molar-refractivity contribution in [3.8, 4) is 0 Å². The molecular formula is C46H74F4O. The lowest BCUT2D eigenvalue weighted by Crippen LogP contribution is -2.47. The van der Waals surface area contributed by atoms with Crippen molar-refractivity contribution >= 4 is 0 Å². The van der Waals surface area contributed by atoms with Gasteiger partial charge in [0.25, 0.3) is 0 Å². The minimum absolute atomic E-state index is 0.188. The van der Waals surface area contributed by atoms with Crippen molar-refractivity contribution in [3.05, 3.63) is 48.1 Å². The van der Waals surface area contributed by atoms with Crippen molar-refractivity contribution in [3.63, 3.8) is 0 Å². The Morgan fingerprint density at radius 1 is 0.510 bits per heavy atom. The van der Waals surface area contributed by atoms with E-state index >= 15 is 17.6 Å². The van der Waals surface area contributed by atoms with Crippen LogP contribution in [-0.2, 0) is 4.74 Å². The van der Waals surface area contributed by atoms with E-state index in [1.165, 1.54) is 101 Å². The Morgan fingerprint density at radius 3 is 1.18 bits per heavy atom. The molecule has 0 N–H and O–H groups in total. The number of allylic oxidation sites excluding steroid dienone is 4. The molecule has 0 amide bonds. The largest absolute Gasteiger partial charge is 0.380 e. The van der Waals surface area contributed by atoms with E-state index in [1.54, 1.807) is 12.2 Å². The van der Waals surface area contributed by atoms with Crippen LogP contribution in [0.2, 0.25) is 0 Å². The molecule has 0 bridgehead atoms. The summed E-state index contributed by atoms with van der Waals surface area (Å²) in [5.41, 5.74) is -5.46. The Bertz CT molecular complexity index is 1030. The van der Waals surface area contributed by atoms with E-state index in [2.05, 4.69) is 13.8 Å². The Morgan fingerprint density at radius 2 is 0.843 bits per heavy atom. The van der Waals surface area contributed by atoms with Gasteiger partial charge < -0.3 is 4.74 Å². The molecule has 51 heavy (non-hydrogen) atoms. The van der Waals surface area contributed by atoms with Gasteiger partial charge in [-0.15, -0.1) is 0 Å². The van der Waals surface area contributed by atoms with Gasteiger partial charge in [0.05, 0.1) is 13.2 Å². The maximum Gasteiger partial charge on any atom is 0.185 e. The topological polar surface area (TPSA) is 9.23 Å². The molecule has 2 saturated carbocycles. The second-order valence-electron chi connectivity index (χ2n) is 17.2. The minimum Gasteiger partial charge on any atom is -0.380 e. The number of alkyl halides is 2. The van der Waals surface area contributed by atoms with Gasteiger partial charge >= 0.3 is 0 Å². The summed E-state index contributed by atoms with van der Waals surface area (Å²) in [6, 6.07) is 0. The number of unbranched alkanes of at least 4 members (excludes halogenated alkanes) is 14. The van der Waals surface area contributed by atoms with Crippen LogP contribution >= 0.6 is 0 Å². The SMILES string of the molecule is CCCCCCCCCCC1([C@@]2(F)C=C[C@@H](COC[C@@H]3C=C[C@](F)(C4(CCCCCCCCCC)CCCCC4)C(F)=C3)C=C2F)CCCCC1. The highest BCUT2D eigenvalue weighted by Crippen LogP contribution is 2.57. The average molecular weight is 719 g/mol. The normalized spacial score (nSPS) is 28.8. The van der Waals surface area contributed by atoms with Crippen LogP contribution in [0, 0.1) is 22.7 Å². The lowest BCUT2D eigenvalue weighted by Gasteiger charge is -2.47. The van der Waals surface area contributed by atoms with E-state index in [0.717, 1.165) is 103 Å². The smallest absolute Gasteiger partial charge is 0.185 e. The first-order valence-corrected chi connectivity index (χ1v) is 21.8. The summed E-state index contributed by atoms with van der Waals surface area (Å²) < 4.78 is 71.3. The summed E-state index contributed by atoms with van der Waals surface area (Å²) in [7, 11) is 0. The number of halogens is 4. The zero-order chi connectivity index (χ0) is 36.5. The van der Waals surface area contributed by atoms with Gasteiger partial charge in [-0.1, -0.05) is 167 Å². The molecule has 0 aromatic heterocycles. The highest BCUT2D eigenvalue weighted by atomic mass is 19.2. The van der Waals surface area contributed by atoms with Crippen molar-refractivity contribution in [2.45, 2.75) is 205 Å². The maximum atomic E-state index is 16.8. The second kappa shape index (κ2) is 21.5. The Labute approximate surface area is 310 Å². The minimum atomic E-state index is -2.06. The van der Waals surface area contributed by atoms with E-state index in [-0.39, 0.29) is 25.0 Å². The fourth-order valence-corrected chi connectivity index (χ4v) is 10.1. The van der Waals surface area contributed by atoms with E-state index in [0.29, 0.717) is 0 Å². The van der Waals surface area contributed by atoms with Gasteiger partial charge in [-0.05, 0) is 62.8 Å². The molecule has 0 spiro atoms. The first-order valence-electron chi connectivity index (χ1n) is 21.8. The molecule has 0 aromatic carbocycles. The van der Waals surface area contributed by atoms with Crippen LogP contribution in [-0.4, -0.2) is 24.6 Å². The number of ether oxygens (including phenoxy) is 1. The third-order valence-corrected chi connectivity index (χ3v) is 13.4. The standard InChI is InChI=1S/C46H74F4O/c1-3-5-7-9-11-13-15-19-27-43(29-21-17-22-30-43)45(49)33-25-39(35-41(45)47)37-51-38-40-26-34-46(50,42(48)36-40)44(31-23-18-24-32-44)28-20-16-14-12-10-8-6-4-2/h25-26,33-36,39-40H,3-24,27-32,37-38H2,1-2H3/t39-,40-,45-,46-/m1/s1. The molecule has 4 atom stereocenters. The van der Waals surface area contributed by atoms with Gasteiger partial charge in [-0.3, -0.25) is 0 Å². The van der Waals surface area contributed by atoms with Crippen LogP contribution in [0.5, 0.6) is 0 Å². The van der Waals surface area contributed by atoms with Crippen LogP contribution in [0.1, 0.15) is 194 Å². The van der Waals surface area contributed by atoms with E-state index in [1.807, 2.05) is 0 Å². The fourth-order valence-electron chi connectivity index (χ4n) is 10.1. The molecule has 4 aliphatic rings. The van der Waals surface area contributed by atoms with Crippen molar-refractivity contribution in [2.24, 2.45) is 22.7 Å². The molecule has 4 aliphatic carbocycles. The number of rotatable bonds is 24. The lowest BCUT2D eigenvalue weighted by molar-refractivity contribution is -0.00337. The van der Waals surface area contributed by atoms with Gasteiger partial charge in [0, 0.05) is 22.7 Å². The molecular weight excluding hydrogens is 644 g/mol. The van der Waals surface area contributed by atoms with Gasteiger partial charge in [-0.2, -0.15) is 0 Å². The molecule has 292 valence electrons. The predicted molar refractivity (Wildman–Crippen MR) is 208 cm³/mol. The quantitative estimate of drug-likeness (QED) is 0.0548. The van der Waals surface area contributed by atoms with Gasteiger partial charge in [0.2, 0.25) is 0 Å². The van der Waals surface area contributed by atoms with E-state index < -0.39 is 33.8 Å². The van der Waals surface area contributed by atoms with Crippen LogP contribution in [0.3, 0.4) is 0 Å². The maximum absolute atomic E-state index is 16.8. The van der Waals surface area contributed by atoms with E-state index in [4.69, 9.17) is 4.74 Å². The number of hydrogen-bond donors (Lipinski definition) is 0. The molecule has 1 nitrogen and oxygen atoms in total. The van der Waals surface area contributed by atoms with Crippen molar-refractivity contribution in [1.82, 2.24) is 0 Å². The molecule has 0 aromatic rings. The Balaban J connectivity index is 1.26. The number of hydrogen-bond acceptors (Lipinski definition) is 1. The van der Waals surface area contributed by atoms with Gasteiger partial charge in [0.1, 0.15) is 11.7 Å². The summed E-state index contributed by atoms with van der Waals surface area (Å²) >= 11 is 0. The summed E-state index contributed by atoms with van der Waals surface area (Å²) in [6.45, 7) is 4.84. The summed E-state index contributed by atoms with van der Waals surface area (Å²) in [6.07, 6.45) is 38.9.